The minimum absolute atomic E-state index is 0.0621. The lowest BCUT2D eigenvalue weighted by atomic mass is 9.90. The van der Waals surface area contributed by atoms with Crippen LogP contribution in [0.1, 0.15) is 52.9 Å². The van der Waals surface area contributed by atoms with E-state index in [-0.39, 0.29) is 10.7 Å². The summed E-state index contributed by atoms with van der Waals surface area (Å²) in [6, 6.07) is 0. The Morgan fingerprint density at radius 3 is 2.47 bits per heavy atom. The van der Waals surface area contributed by atoms with Crippen molar-refractivity contribution in [3.8, 4) is 0 Å². The largest absolute Gasteiger partial charge is 0.330 e. The fourth-order valence-corrected chi connectivity index (χ4v) is 4.71. The highest BCUT2D eigenvalue weighted by atomic mass is 32.2. The van der Waals surface area contributed by atoms with Crippen LogP contribution in [0, 0.1) is 11.3 Å². The number of rotatable bonds is 5. The quantitative estimate of drug-likeness (QED) is 0.826. The van der Waals surface area contributed by atoms with Gasteiger partial charge in [0.05, 0.1) is 11.0 Å². The molecule has 0 bridgehead atoms. The first kappa shape index (κ1) is 15.0. The van der Waals surface area contributed by atoms with E-state index in [0.29, 0.717) is 24.6 Å². The molecule has 2 N–H and O–H groups in total. The molecule has 0 aliphatic heterocycles. The lowest BCUT2D eigenvalue weighted by Gasteiger charge is -2.28. The summed E-state index contributed by atoms with van der Waals surface area (Å²) in [5.41, 5.74) is 5.58. The third kappa shape index (κ3) is 4.59. The highest BCUT2D eigenvalue weighted by molar-refractivity contribution is 7.92. The third-order valence-electron chi connectivity index (χ3n) is 4.01. The van der Waals surface area contributed by atoms with Gasteiger partial charge < -0.3 is 5.73 Å². The predicted molar refractivity (Wildman–Crippen MR) is 72.7 cm³/mol. The first-order valence-electron chi connectivity index (χ1n) is 6.68. The van der Waals surface area contributed by atoms with E-state index >= 15 is 0 Å². The lowest BCUT2D eigenvalue weighted by Crippen LogP contribution is -2.32. The topological polar surface area (TPSA) is 60.2 Å². The van der Waals surface area contributed by atoms with E-state index in [0.717, 1.165) is 19.3 Å². The van der Waals surface area contributed by atoms with Crippen molar-refractivity contribution >= 4 is 9.84 Å². The van der Waals surface area contributed by atoms with Crippen LogP contribution in [0.2, 0.25) is 0 Å². The summed E-state index contributed by atoms with van der Waals surface area (Å²) in [6.45, 7) is 6.77. The van der Waals surface area contributed by atoms with E-state index < -0.39 is 9.84 Å². The Morgan fingerprint density at radius 2 is 1.94 bits per heavy atom. The Balaban J connectivity index is 2.56. The molecule has 2 atom stereocenters. The third-order valence-corrected chi connectivity index (χ3v) is 6.23. The van der Waals surface area contributed by atoms with Gasteiger partial charge in [-0.25, -0.2) is 8.42 Å². The van der Waals surface area contributed by atoms with Crippen molar-refractivity contribution in [2.24, 2.45) is 17.1 Å². The summed E-state index contributed by atoms with van der Waals surface area (Å²) in [5.74, 6) is 0.861. The molecule has 1 aliphatic rings. The van der Waals surface area contributed by atoms with Crippen molar-refractivity contribution in [2.75, 3.05) is 12.3 Å². The molecular formula is C13H27NO2S. The van der Waals surface area contributed by atoms with Crippen molar-refractivity contribution in [1.82, 2.24) is 0 Å². The van der Waals surface area contributed by atoms with Crippen LogP contribution in [-0.4, -0.2) is 26.0 Å². The van der Waals surface area contributed by atoms with Crippen LogP contribution in [0.4, 0.5) is 0 Å². The molecule has 2 unspecified atom stereocenters. The number of hydrogen-bond acceptors (Lipinski definition) is 3. The Labute approximate surface area is 106 Å². The van der Waals surface area contributed by atoms with Gasteiger partial charge in [0.1, 0.15) is 0 Å². The highest BCUT2D eigenvalue weighted by Gasteiger charge is 2.31. The molecule has 0 aromatic heterocycles. The van der Waals surface area contributed by atoms with Crippen molar-refractivity contribution in [2.45, 2.75) is 58.1 Å². The standard InChI is InChI=1S/C13H27NO2S/c1-11-5-4-6-12(9-11)17(15,16)8-7-13(2,3)10-14/h11-12H,4-10,14H2,1-3H3. The molecular weight excluding hydrogens is 234 g/mol. The molecule has 1 rings (SSSR count). The first-order chi connectivity index (χ1) is 7.77. The lowest BCUT2D eigenvalue weighted by molar-refractivity contribution is 0.358. The fraction of sp³-hybridized carbons (Fsp3) is 1.00. The van der Waals surface area contributed by atoms with Crippen LogP contribution in [-0.2, 0) is 9.84 Å². The van der Waals surface area contributed by atoms with Gasteiger partial charge in [-0.05, 0) is 37.1 Å². The summed E-state index contributed by atoms with van der Waals surface area (Å²) in [6.07, 6.45) is 4.63. The zero-order valence-corrected chi connectivity index (χ0v) is 12.2. The monoisotopic (exact) mass is 261 g/mol. The maximum Gasteiger partial charge on any atom is 0.153 e. The molecule has 0 radical (unpaired) electrons. The summed E-state index contributed by atoms with van der Waals surface area (Å²) in [7, 11) is -2.92. The number of hydrogen-bond donors (Lipinski definition) is 1. The molecule has 1 fully saturated rings. The van der Waals surface area contributed by atoms with Crippen molar-refractivity contribution in [3.05, 3.63) is 0 Å². The zero-order valence-electron chi connectivity index (χ0n) is 11.4. The van der Waals surface area contributed by atoms with Gasteiger partial charge in [0.2, 0.25) is 0 Å². The highest BCUT2D eigenvalue weighted by Crippen LogP contribution is 2.30. The van der Waals surface area contributed by atoms with Gasteiger partial charge in [0.25, 0.3) is 0 Å². The normalized spacial score (nSPS) is 27.1. The van der Waals surface area contributed by atoms with Gasteiger partial charge >= 0.3 is 0 Å². The first-order valence-corrected chi connectivity index (χ1v) is 8.40. The minimum Gasteiger partial charge on any atom is -0.330 e. The van der Waals surface area contributed by atoms with E-state index in [4.69, 9.17) is 5.73 Å². The van der Waals surface area contributed by atoms with E-state index in [1.54, 1.807) is 0 Å². The smallest absolute Gasteiger partial charge is 0.153 e. The van der Waals surface area contributed by atoms with Crippen LogP contribution in [0.15, 0.2) is 0 Å². The Bertz CT molecular complexity index is 335. The van der Waals surface area contributed by atoms with E-state index in [9.17, 15) is 8.42 Å². The van der Waals surface area contributed by atoms with Crippen LogP contribution < -0.4 is 5.73 Å². The zero-order chi connectivity index (χ0) is 13.1. The molecule has 0 amide bonds. The Morgan fingerprint density at radius 1 is 1.29 bits per heavy atom. The van der Waals surface area contributed by atoms with Gasteiger partial charge in [0.15, 0.2) is 9.84 Å². The second-order valence-corrected chi connectivity index (χ2v) is 8.78. The maximum atomic E-state index is 12.3. The minimum atomic E-state index is -2.92. The van der Waals surface area contributed by atoms with Crippen LogP contribution in [0.3, 0.4) is 0 Å². The van der Waals surface area contributed by atoms with Crippen LogP contribution in [0.5, 0.6) is 0 Å². The molecule has 4 heteroatoms. The van der Waals surface area contributed by atoms with Gasteiger partial charge in [-0.3, -0.25) is 0 Å². The van der Waals surface area contributed by atoms with Gasteiger partial charge in [-0.15, -0.1) is 0 Å². The Hall–Kier alpha value is -0.0900. The second-order valence-electron chi connectivity index (χ2n) is 6.38. The molecule has 102 valence electrons. The van der Waals surface area contributed by atoms with Crippen molar-refractivity contribution in [3.63, 3.8) is 0 Å². The van der Waals surface area contributed by atoms with Crippen molar-refractivity contribution < 1.29 is 8.42 Å². The molecule has 17 heavy (non-hydrogen) atoms. The van der Waals surface area contributed by atoms with Gasteiger partial charge in [0, 0.05) is 0 Å². The van der Waals surface area contributed by atoms with E-state index in [2.05, 4.69) is 6.92 Å². The maximum absolute atomic E-state index is 12.3. The number of nitrogens with two attached hydrogens (primary N) is 1. The fourth-order valence-electron chi connectivity index (χ4n) is 2.39. The molecule has 3 nitrogen and oxygen atoms in total. The SMILES string of the molecule is CC1CCCC(S(=O)(=O)CCC(C)(C)CN)C1. The van der Waals surface area contributed by atoms with Gasteiger partial charge in [-0.1, -0.05) is 33.6 Å². The van der Waals surface area contributed by atoms with E-state index in [1.807, 2.05) is 13.8 Å². The molecule has 0 saturated heterocycles. The van der Waals surface area contributed by atoms with Crippen molar-refractivity contribution in [1.29, 1.82) is 0 Å². The molecule has 0 spiro atoms. The number of sulfone groups is 1. The molecule has 1 saturated carbocycles. The predicted octanol–water partition coefficient (Wildman–Crippen LogP) is 2.35. The van der Waals surface area contributed by atoms with Crippen LogP contribution >= 0.6 is 0 Å². The average molecular weight is 261 g/mol. The Kier molecular flexibility index (Phi) is 5.02. The second kappa shape index (κ2) is 5.70. The summed E-state index contributed by atoms with van der Waals surface area (Å²) in [5, 5.41) is -0.0974. The molecule has 1 aliphatic carbocycles. The molecule has 0 heterocycles. The summed E-state index contributed by atoms with van der Waals surface area (Å²) in [4.78, 5) is 0. The average Bonchev–Trinajstić information content (AvgIpc) is 2.27. The van der Waals surface area contributed by atoms with Crippen LogP contribution in [0.25, 0.3) is 0 Å². The van der Waals surface area contributed by atoms with Gasteiger partial charge in [-0.2, -0.15) is 0 Å². The summed E-state index contributed by atoms with van der Waals surface area (Å²) >= 11 is 0. The molecule has 0 aromatic rings. The van der Waals surface area contributed by atoms with E-state index in [1.165, 1.54) is 6.42 Å². The summed E-state index contributed by atoms with van der Waals surface area (Å²) < 4.78 is 24.5. The molecule has 0 aromatic carbocycles.